The Kier molecular flexibility index (Phi) is 6.23. The second-order valence-electron chi connectivity index (χ2n) is 7.67. The average molecular weight is 407 g/mol. The maximum absolute atomic E-state index is 14.6. The van der Waals surface area contributed by atoms with E-state index >= 15 is 0 Å². The summed E-state index contributed by atoms with van der Waals surface area (Å²) in [4.78, 5) is 15.3. The lowest BCUT2D eigenvalue weighted by atomic mass is 10.1. The quantitative estimate of drug-likeness (QED) is 0.548. The van der Waals surface area contributed by atoms with Gasteiger partial charge in [-0.2, -0.15) is 9.78 Å². The van der Waals surface area contributed by atoms with E-state index in [-0.39, 0.29) is 11.3 Å². The summed E-state index contributed by atoms with van der Waals surface area (Å²) in [7, 11) is 0. The van der Waals surface area contributed by atoms with Gasteiger partial charge in [-0.15, -0.1) is 0 Å². The van der Waals surface area contributed by atoms with E-state index in [9.17, 15) is 9.18 Å². The van der Waals surface area contributed by atoms with E-state index in [1.807, 2.05) is 18.2 Å². The van der Waals surface area contributed by atoms with Gasteiger partial charge in [0.2, 0.25) is 0 Å². The van der Waals surface area contributed by atoms with Crippen LogP contribution in [0.3, 0.4) is 0 Å². The summed E-state index contributed by atoms with van der Waals surface area (Å²) < 4.78 is 21.6. The number of halogens is 1. The summed E-state index contributed by atoms with van der Waals surface area (Å²) in [6, 6.07) is 16.1. The van der Waals surface area contributed by atoms with E-state index < -0.39 is 5.82 Å². The molecule has 5 nitrogen and oxygen atoms in total. The van der Waals surface area contributed by atoms with Gasteiger partial charge in [-0.3, -0.25) is 4.79 Å². The maximum atomic E-state index is 14.6. The first-order chi connectivity index (χ1) is 14.6. The van der Waals surface area contributed by atoms with Crippen LogP contribution >= 0.6 is 0 Å². The van der Waals surface area contributed by atoms with Crippen molar-refractivity contribution in [3.8, 4) is 22.6 Å². The maximum Gasteiger partial charge on any atom is 0.279 e. The zero-order valence-corrected chi connectivity index (χ0v) is 17.1. The fourth-order valence-electron chi connectivity index (χ4n) is 3.95. The Balaban J connectivity index is 1.45. The van der Waals surface area contributed by atoms with Gasteiger partial charge in [0.25, 0.3) is 5.56 Å². The monoisotopic (exact) mass is 407 g/mol. The minimum Gasteiger partial charge on any atom is -0.490 e. The van der Waals surface area contributed by atoms with Crippen molar-refractivity contribution in [1.82, 2.24) is 14.7 Å². The van der Waals surface area contributed by atoms with Crippen molar-refractivity contribution in [2.45, 2.75) is 32.2 Å². The molecule has 0 aliphatic carbocycles. The van der Waals surface area contributed by atoms with Crippen molar-refractivity contribution >= 4 is 0 Å². The number of para-hydroxylation sites is 1. The molecule has 0 N–H and O–H groups in total. The first kappa shape index (κ1) is 20.3. The summed E-state index contributed by atoms with van der Waals surface area (Å²) in [5, 5.41) is 4.14. The molecule has 4 rings (SSSR count). The highest BCUT2D eigenvalue weighted by atomic mass is 19.1. The topological polar surface area (TPSA) is 47.4 Å². The molecule has 0 amide bonds. The number of aromatic nitrogens is 2. The van der Waals surface area contributed by atoms with Crippen LogP contribution in [0.25, 0.3) is 16.8 Å². The van der Waals surface area contributed by atoms with Gasteiger partial charge in [0.05, 0.1) is 17.9 Å². The van der Waals surface area contributed by atoms with Gasteiger partial charge in [-0.1, -0.05) is 24.3 Å². The smallest absolute Gasteiger partial charge is 0.279 e. The van der Waals surface area contributed by atoms with Crippen molar-refractivity contribution in [1.29, 1.82) is 0 Å². The molecule has 30 heavy (non-hydrogen) atoms. The highest BCUT2D eigenvalue weighted by Crippen LogP contribution is 2.24. The zero-order chi connectivity index (χ0) is 20.9. The van der Waals surface area contributed by atoms with Crippen molar-refractivity contribution in [3.63, 3.8) is 0 Å². The van der Waals surface area contributed by atoms with Crippen molar-refractivity contribution < 1.29 is 9.13 Å². The molecule has 0 spiro atoms. The molecule has 2 heterocycles. The number of rotatable bonds is 7. The van der Waals surface area contributed by atoms with Gasteiger partial charge >= 0.3 is 0 Å². The Hall–Kier alpha value is -2.99. The van der Waals surface area contributed by atoms with Crippen LogP contribution in [0.4, 0.5) is 4.39 Å². The molecule has 2 aromatic carbocycles. The lowest BCUT2D eigenvalue weighted by molar-refractivity contribution is 0.226. The number of hydrogen-bond acceptors (Lipinski definition) is 4. The lowest BCUT2D eigenvalue weighted by Gasteiger charge is -2.20. The molecule has 1 aliphatic rings. The normalized spacial score (nSPS) is 16.7. The Morgan fingerprint density at radius 1 is 1.17 bits per heavy atom. The highest BCUT2D eigenvalue weighted by molar-refractivity contribution is 5.63. The van der Waals surface area contributed by atoms with Crippen LogP contribution in [0, 0.1) is 5.82 Å². The third kappa shape index (κ3) is 4.44. The average Bonchev–Trinajstić information content (AvgIpc) is 3.17. The molecule has 3 aromatic rings. The third-order valence-corrected chi connectivity index (χ3v) is 5.63. The second-order valence-corrected chi connectivity index (χ2v) is 7.67. The van der Waals surface area contributed by atoms with E-state index in [1.165, 1.54) is 23.6 Å². The zero-order valence-electron chi connectivity index (χ0n) is 17.1. The minimum atomic E-state index is -0.468. The molecule has 0 saturated carbocycles. The number of likely N-dealkylation sites (tertiary alicyclic amines) is 1. The predicted molar refractivity (Wildman–Crippen MR) is 116 cm³/mol. The number of benzene rings is 2. The van der Waals surface area contributed by atoms with Gasteiger partial charge < -0.3 is 9.64 Å². The summed E-state index contributed by atoms with van der Waals surface area (Å²) >= 11 is 0. The van der Waals surface area contributed by atoms with Crippen molar-refractivity contribution in [2.24, 2.45) is 0 Å². The molecule has 1 atom stereocenters. The van der Waals surface area contributed by atoms with Crippen LogP contribution in [0.5, 0.6) is 5.75 Å². The van der Waals surface area contributed by atoms with Gasteiger partial charge in [0.15, 0.2) is 11.6 Å². The van der Waals surface area contributed by atoms with E-state index in [2.05, 4.69) is 16.9 Å². The summed E-state index contributed by atoms with van der Waals surface area (Å²) in [5.74, 6) is -0.254. The van der Waals surface area contributed by atoms with Gasteiger partial charge in [-0.05, 0) is 68.6 Å². The number of nitrogens with zero attached hydrogens (tertiary/aromatic N) is 3. The second kappa shape index (κ2) is 9.22. The van der Waals surface area contributed by atoms with Gasteiger partial charge in [-0.25, -0.2) is 4.39 Å². The first-order valence-electron chi connectivity index (χ1n) is 10.4. The van der Waals surface area contributed by atoms with Crippen molar-refractivity contribution in [2.75, 3.05) is 19.7 Å². The standard InChI is InChI=1S/C24H26FN3O2/c1-18-7-5-14-27(18)15-6-16-30-23-11-10-19(17-22(23)25)21-12-13-26-28(24(21)29)20-8-3-2-4-9-20/h2-4,8-13,17-18H,5-7,14-16H2,1H3/t18-/m1/s1. The van der Waals surface area contributed by atoms with E-state index in [1.54, 1.807) is 36.5 Å². The SMILES string of the molecule is C[C@@H]1CCCN1CCCOc1ccc(-c2ccnn(-c3ccccc3)c2=O)cc1F. The molecule has 1 fully saturated rings. The van der Waals surface area contributed by atoms with E-state index in [4.69, 9.17) is 4.74 Å². The molecular formula is C24H26FN3O2. The molecule has 0 bridgehead atoms. The Labute approximate surface area is 175 Å². The predicted octanol–water partition coefficient (Wildman–Crippen LogP) is 4.29. The molecule has 0 radical (unpaired) electrons. The fraction of sp³-hybridized carbons (Fsp3) is 0.333. The van der Waals surface area contributed by atoms with E-state index in [0.29, 0.717) is 29.5 Å². The highest BCUT2D eigenvalue weighted by Gasteiger charge is 2.19. The number of ether oxygens (including phenoxy) is 1. The largest absolute Gasteiger partial charge is 0.490 e. The molecule has 1 aliphatic heterocycles. The summed E-state index contributed by atoms with van der Waals surface area (Å²) in [6.45, 7) is 4.82. The Morgan fingerprint density at radius 2 is 2.00 bits per heavy atom. The third-order valence-electron chi connectivity index (χ3n) is 5.63. The van der Waals surface area contributed by atoms with Gasteiger partial charge in [0, 0.05) is 18.8 Å². The first-order valence-corrected chi connectivity index (χ1v) is 10.4. The molecule has 1 aromatic heterocycles. The Bertz CT molecular complexity index is 1050. The van der Waals surface area contributed by atoms with Crippen LogP contribution in [0.2, 0.25) is 0 Å². The summed E-state index contributed by atoms with van der Waals surface area (Å²) in [5.41, 5.74) is 1.26. The van der Waals surface area contributed by atoms with Crippen LogP contribution in [0.1, 0.15) is 26.2 Å². The van der Waals surface area contributed by atoms with Crippen LogP contribution in [-0.4, -0.2) is 40.4 Å². The molecule has 156 valence electrons. The molecular weight excluding hydrogens is 381 g/mol. The van der Waals surface area contributed by atoms with Crippen molar-refractivity contribution in [3.05, 3.63) is 77.0 Å². The lowest BCUT2D eigenvalue weighted by Crippen LogP contribution is -2.28. The number of hydrogen-bond donors (Lipinski definition) is 0. The van der Waals surface area contributed by atoms with Crippen LogP contribution < -0.4 is 10.3 Å². The minimum absolute atomic E-state index is 0.214. The molecule has 0 unspecified atom stereocenters. The fourth-order valence-corrected chi connectivity index (χ4v) is 3.95. The van der Waals surface area contributed by atoms with Gasteiger partial charge in [0.1, 0.15) is 0 Å². The van der Waals surface area contributed by atoms with Crippen LogP contribution in [-0.2, 0) is 0 Å². The molecule has 6 heteroatoms. The Morgan fingerprint density at radius 3 is 2.73 bits per heavy atom. The van der Waals surface area contributed by atoms with Crippen LogP contribution in [0.15, 0.2) is 65.6 Å². The van der Waals surface area contributed by atoms with E-state index in [0.717, 1.165) is 19.5 Å². The molecule has 1 saturated heterocycles. The summed E-state index contributed by atoms with van der Waals surface area (Å²) in [6.07, 6.45) is 4.90.